The molecule has 2 saturated heterocycles. The molecule has 0 aliphatic carbocycles. The van der Waals surface area contributed by atoms with Gasteiger partial charge in [0.25, 0.3) is 0 Å². The molecule has 4 rings (SSSR count). The average Bonchev–Trinajstić information content (AvgIpc) is 3.11. The molecule has 0 saturated carbocycles. The van der Waals surface area contributed by atoms with E-state index < -0.39 is 0 Å². The lowest BCUT2D eigenvalue weighted by Gasteiger charge is -2.37. The summed E-state index contributed by atoms with van der Waals surface area (Å²) in [6, 6.07) is 0.618. The molecule has 0 aromatic rings. The van der Waals surface area contributed by atoms with Crippen molar-refractivity contribution >= 4 is 0 Å². The summed E-state index contributed by atoms with van der Waals surface area (Å²) in [5.74, 6) is 1.97. The Labute approximate surface area is 133 Å². The molecule has 4 aliphatic rings. The van der Waals surface area contributed by atoms with Crippen molar-refractivity contribution in [3.8, 4) is 0 Å². The molecule has 0 aromatic heterocycles. The summed E-state index contributed by atoms with van der Waals surface area (Å²) in [5, 5.41) is 0. The molecule has 1 unspecified atom stereocenters. The second-order valence-corrected chi connectivity index (χ2v) is 6.88. The Morgan fingerprint density at radius 2 is 2.14 bits per heavy atom. The van der Waals surface area contributed by atoms with Gasteiger partial charge in [-0.1, -0.05) is 0 Å². The highest BCUT2D eigenvalue weighted by molar-refractivity contribution is 5.46. The smallest absolute Gasteiger partial charge is 0.145 e. The van der Waals surface area contributed by atoms with Gasteiger partial charge in [0.1, 0.15) is 12.4 Å². The first-order chi connectivity index (χ1) is 10.8. The number of nitrogens with zero attached hydrogens (tertiary/aromatic N) is 3. The summed E-state index contributed by atoms with van der Waals surface area (Å²) in [7, 11) is 0. The molecule has 0 N–H and O–H groups in total. The van der Waals surface area contributed by atoms with E-state index in [4.69, 9.17) is 4.74 Å². The van der Waals surface area contributed by atoms with Crippen molar-refractivity contribution in [1.82, 2.24) is 14.7 Å². The third-order valence-electron chi connectivity index (χ3n) is 5.63. The van der Waals surface area contributed by atoms with Gasteiger partial charge in [0, 0.05) is 50.2 Å². The van der Waals surface area contributed by atoms with Gasteiger partial charge in [0.15, 0.2) is 0 Å². The Morgan fingerprint density at radius 1 is 1.27 bits per heavy atom. The van der Waals surface area contributed by atoms with Gasteiger partial charge < -0.3 is 19.4 Å². The van der Waals surface area contributed by atoms with Crippen LogP contribution in [0.3, 0.4) is 0 Å². The van der Waals surface area contributed by atoms with Crippen LogP contribution in [0.1, 0.15) is 26.7 Å². The predicted molar refractivity (Wildman–Crippen MR) is 87.9 cm³/mol. The molecule has 0 radical (unpaired) electrons. The van der Waals surface area contributed by atoms with Crippen LogP contribution >= 0.6 is 0 Å². The molecule has 4 heterocycles. The molecular formula is C18H27N3O. The Balaban J connectivity index is 1.53. The monoisotopic (exact) mass is 301 g/mol. The Kier molecular flexibility index (Phi) is 3.65. The molecular weight excluding hydrogens is 274 g/mol. The fourth-order valence-corrected chi connectivity index (χ4v) is 4.41. The van der Waals surface area contributed by atoms with E-state index >= 15 is 0 Å². The van der Waals surface area contributed by atoms with Gasteiger partial charge in [0.2, 0.25) is 0 Å². The van der Waals surface area contributed by atoms with Gasteiger partial charge in [0.05, 0.1) is 5.70 Å². The number of piperidine rings is 1. The summed E-state index contributed by atoms with van der Waals surface area (Å²) in [5.41, 5.74) is 2.64. The predicted octanol–water partition coefficient (Wildman–Crippen LogP) is 2.38. The van der Waals surface area contributed by atoms with Crippen LogP contribution < -0.4 is 0 Å². The fourth-order valence-electron chi connectivity index (χ4n) is 4.41. The normalized spacial score (nSPS) is 32.9. The number of rotatable bonds is 4. The van der Waals surface area contributed by atoms with E-state index in [1.165, 1.54) is 43.7 Å². The highest BCUT2D eigenvalue weighted by atomic mass is 16.5. The highest BCUT2D eigenvalue weighted by Crippen LogP contribution is 2.35. The lowest BCUT2D eigenvalue weighted by molar-refractivity contribution is 0.166. The summed E-state index contributed by atoms with van der Waals surface area (Å²) in [6.07, 6.45) is 9.49. The number of allylic oxidation sites excluding steroid dienone is 1. The van der Waals surface area contributed by atoms with Gasteiger partial charge in [-0.15, -0.1) is 0 Å². The number of likely N-dealkylation sites (N-methyl/N-ethyl adjacent to an activating group) is 1. The number of hydrogen-bond acceptors (Lipinski definition) is 4. The minimum absolute atomic E-state index is 0.618. The van der Waals surface area contributed by atoms with Crippen LogP contribution in [0, 0.1) is 5.92 Å². The van der Waals surface area contributed by atoms with E-state index in [2.05, 4.69) is 47.0 Å². The maximum atomic E-state index is 5.98. The molecule has 2 bridgehead atoms. The van der Waals surface area contributed by atoms with E-state index in [1.807, 2.05) is 0 Å². The van der Waals surface area contributed by atoms with Crippen LogP contribution in [0.4, 0.5) is 0 Å². The van der Waals surface area contributed by atoms with Crippen molar-refractivity contribution in [1.29, 1.82) is 0 Å². The van der Waals surface area contributed by atoms with Gasteiger partial charge in [-0.25, -0.2) is 0 Å². The summed E-state index contributed by atoms with van der Waals surface area (Å²) in [4.78, 5) is 7.42. The quantitative estimate of drug-likeness (QED) is 0.793. The lowest BCUT2D eigenvalue weighted by atomic mass is 9.95. The zero-order valence-corrected chi connectivity index (χ0v) is 13.8. The summed E-state index contributed by atoms with van der Waals surface area (Å²) >= 11 is 0. The van der Waals surface area contributed by atoms with Gasteiger partial charge >= 0.3 is 0 Å². The molecule has 0 amide bonds. The molecule has 4 aliphatic heterocycles. The molecule has 2 fully saturated rings. The molecule has 22 heavy (non-hydrogen) atoms. The van der Waals surface area contributed by atoms with Crippen molar-refractivity contribution < 1.29 is 4.74 Å². The van der Waals surface area contributed by atoms with Crippen LogP contribution in [0.25, 0.3) is 0 Å². The first-order valence-corrected chi connectivity index (χ1v) is 8.79. The van der Waals surface area contributed by atoms with Crippen LogP contribution in [0.5, 0.6) is 0 Å². The molecule has 4 heteroatoms. The van der Waals surface area contributed by atoms with E-state index in [9.17, 15) is 0 Å². The summed E-state index contributed by atoms with van der Waals surface area (Å²) in [6.45, 7) is 11.0. The standard InChI is InChI=1S/C18H27N3O/c1-3-20(4-2)17-13-22-18-12-21(8-6-16(17)18)15-9-14-5-7-19(10-14)11-15/h6,8,12,14-15H,3-5,7,9-11,13H2,1-2H3/t14-,15-/m1/s1. The maximum absolute atomic E-state index is 5.98. The SMILES string of the molecule is CCN(CC)C1=C2C=CN([C@@H]3C[C@H]4CCN(C4)C3)C=C2OC1. The number of fused-ring (bicyclic) bond motifs is 3. The van der Waals surface area contributed by atoms with Crippen LogP contribution in [-0.2, 0) is 4.74 Å². The van der Waals surface area contributed by atoms with E-state index in [-0.39, 0.29) is 0 Å². The van der Waals surface area contributed by atoms with Crippen LogP contribution in [0.2, 0.25) is 0 Å². The average molecular weight is 301 g/mol. The van der Waals surface area contributed by atoms with Crippen molar-refractivity contribution in [2.75, 3.05) is 39.3 Å². The van der Waals surface area contributed by atoms with Crippen molar-refractivity contribution in [3.05, 3.63) is 35.5 Å². The Bertz CT molecular complexity index is 520. The Hall–Kier alpha value is -1.42. The highest BCUT2D eigenvalue weighted by Gasteiger charge is 2.35. The molecule has 4 nitrogen and oxygen atoms in total. The lowest BCUT2D eigenvalue weighted by Crippen LogP contribution is -2.43. The van der Waals surface area contributed by atoms with E-state index in [0.717, 1.165) is 31.4 Å². The van der Waals surface area contributed by atoms with Gasteiger partial charge in [-0.3, -0.25) is 0 Å². The molecule has 0 spiro atoms. The van der Waals surface area contributed by atoms with Crippen LogP contribution in [0.15, 0.2) is 35.5 Å². The van der Waals surface area contributed by atoms with Crippen LogP contribution in [-0.4, -0.2) is 60.1 Å². The van der Waals surface area contributed by atoms with Gasteiger partial charge in [-0.2, -0.15) is 0 Å². The first kappa shape index (κ1) is 14.2. The second kappa shape index (κ2) is 5.65. The van der Waals surface area contributed by atoms with E-state index in [1.54, 1.807) is 0 Å². The van der Waals surface area contributed by atoms with E-state index in [0.29, 0.717) is 6.04 Å². The van der Waals surface area contributed by atoms with Gasteiger partial charge in [-0.05, 0) is 45.2 Å². The van der Waals surface area contributed by atoms with Crippen molar-refractivity contribution in [2.24, 2.45) is 5.92 Å². The Morgan fingerprint density at radius 3 is 2.91 bits per heavy atom. The third kappa shape index (κ3) is 2.34. The zero-order chi connectivity index (χ0) is 15.1. The minimum atomic E-state index is 0.618. The third-order valence-corrected chi connectivity index (χ3v) is 5.63. The molecule has 3 atom stereocenters. The molecule has 0 aromatic carbocycles. The first-order valence-electron chi connectivity index (χ1n) is 8.79. The summed E-state index contributed by atoms with van der Waals surface area (Å²) < 4.78 is 5.98. The zero-order valence-electron chi connectivity index (χ0n) is 13.8. The maximum Gasteiger partial charge on any atom is 0.145 e. The van der Waals surface area contributed by atoms with Crippen molar-refractivity contribution in [3.63, 3.8) is 0 Å². The van der Waals surface area contributed by atoms with Crippen molar-refractivity contribution in [2.45, 2.75) is 32.7 Å². The number of ether oxygens (including phenoxy) is 1. The number of hydrogen-bond donors (Lipinski definition) is 0. The largest absolute Gasteiger partial charge is 0.485 e. The fraction of sp³-hybridized carbons (Fsp3) is 0.667. The second-order valence-electron chi connectivity index (χ2n) is 6.88. The topological polar surface area (TPSA) is 19.0 Å². The minimum Gasteiger partial charge on any atom is -0.485 e. The molecule has 120 valence electrons.